The lowest BCUT2D eigenvalue weighted by molar-refractivity contribution is 0.0512. The van der Waals surface area contributed by atoms with Crippen molar-refractivity contribution in [2.45, 2.75) is 89.1 Å². The molecular weight excluding hydrogens is 756 g/mol. The maximum atomic E-state index is 17.5. The topological polar surface area (TPSA) is 81.6 Å². The highest BCUT2D eigenvalue weighted by Gasteiger charge is 2.49. The Bertz CT molecular complexity index is 2390. The summed E-state index contributed by atoms with van der Waals surface area (Å²) in [6.07, 6.45) is 4.39. The maximum Gasteiger partial charge on any atom is 0.317 e. The molecule has 0 saturated carbocycles. The summed E-state index contributed by atoms with van der Waals surface area (Å²) >= 11 is 0. The fourth-order valence-electron chi connectivity index (χ4n) is 9.45. The highest BCUT2D eigenvalue weighted by molar-refractivity contribution is 6.90. The van der Waals surface area contributed by atoms with E-state index < -0.39 is 31.4 Å². The van der Waals surface area contributed by atoms with Crippen molar-refractivity contribution in [3.63, 3.8) is 0 Å². The molecule has 0 amide bonds. The summed E-state index contributed by atoms with van der Waals surface area (Å²) in [6, 6.07) is 13.9. The molecule has 0 unspecified atom stereocenters. The summed E-state index contributed by atoms with van der Waals surface area (Å²) < 4.78 is 65.8. The number of nitrogens with zero attached hydrogens (tertiary/aromatic N) is 4. The average molecular weight is 808 g/mol. The number of halogens is 3. The van der Waals surface area contributed by atoms with Gasteiger partial charge in [0.05, 0.1) is 16.5 Å². The van der Waals surface area contributed by atoms with Crippen LogP contribution in [0.5, 0.6) is 11.8 Å². The van der Waals surface area contributed by atoms with Crippen LogP contribution in [0.15, 0.2) is 61.3 Å². The van der Waals surface area contributed by atoms with Gasteiger partial charge in [-0.15, -0.1) is 5.54 Å². The smallest absolute Gasteiger partial charge is 0.317 e. The lowest BCUT2D eigenvalue weighted by atomic mass is 9.95. The highest BCUT2D eigenvalue weighted by atomic mass is 28.3. The fourth-order valence-corrected chi connectivity index (χ4v) is 14.7. The molecule has 2 atom stereocenters. The molecule has 0 aliphatic carbocycles. The largest absolute Gasteiger partial charge is 0.468 e. The summed E-state index contributed by atoms with van der Waals surface area (Å²) in [5.74, 6) is 2.68. The molecule has 2 fully saturated rings. The Morgan fingerprint density at radius 2 is 1.81 bits per heavy atom. The van der Waals surface area contributed by atoms with Crippen LogP contribution >= 0.6 is 0 Å². The Morgan fingerprint density at radius 1 is 1.03 bits per heavy atom. The van der Waals surface area contributed by atoms with E-state index in [-0.39, 0.29) is 47.6 Å². The van der Waals surface area contributed by atoms with Crippen molar-refractivity contribution in [1.29, 1.82) is 0 Å². The number of aromatic nitrogens is 3. The number of fused-ring (bicyclic) bond motifs is 3. The van der Waals surface area contributed by atoms with E-state index in [9.17, 15) is 4.39 Å². The van der Waals surface area contributed by atoms with Gasteiger partial charge in [-0.05, 0) is 77.3 Å². The maximum absolute atomic E-state index is 17.5. The lowest BCUT2D eigenvalue weighted by Crippen LogP contribution is -2.43. The van der Waals surface area contributed by atoms with Crippen LogP contribution in [0.1, 0.15) is 71.9 Å². The number of rotatable bonds is 13. The first kappa shape index (κ1) is 41.2. The van der Waals surface area contributed by atoms with Crippen LogP contribution in [0, 0.1) is 23.1 Å². The zero-order valence-corrected chi connectivity index (χ0v) is 35.4. The van der Waals surface area contributed by atoms with E-state index in [0.717, 1.165) is 24.9 Å². The van der Waals surface area contributed by atoms with Crippen LogP contribution in [0.3, 0.4) is 0 Å². The van der Waals surface area contributed by atoms with Crippen LogP contribution in [0.4, 0.5) is 24.7 Å². The van der Waals surface area contributed by atoms with Crippen LogP contribution in [0.25, 0.3) is 39.0 Å². The second-order valence-electron chi connectivity index (χ2n) is 16.5. The van der Waals surface area contributed by atoms with E-state index >= 15 is 8.78 Å². The number of hydrogen-bond acceptors (Lipinski definition) is 8. The Hall–Kier alpha value is -4.96. The lowest BCUT2D eigenvalue weighted by Gasteiger charge is -2.38. The summed E-state index contributed by atoms with van der Waals surface area (Å²) in [6.45, 7) is 18.4. The predicted molar refractivity (Wildman–Crippen MR) is 229 cm³/mol. The molecule has 4 heterocycles. The van der Waals surface area contributed by atoms with E-state index in [1.54, 1.807) is 24.3 Å². The summed E-state index contributed by atoms with van der Waals surface area (Å²) in [4.78, 5) is 16.2. The molecule has 5 aromatic rings. The summed E-state index contributed by atoms with van der Waals surface area (Å²) in [5, 5.41) is 4.64. The number of methoxy groups -OCH3 is 1. The minimum Gasteiger partial charge on any atom is -0.468 e. The van der Waals surface area contributed by atoms with Gasteiger partial charge in [0.2, 0.25) is 0 Å². The number of nitrogens with one attached hydrogen (secondary N) is 1. The van der Waals surface area contributed by atoms with E-state index in [1.165, 1.54) is 19.4 Å². The first-order valence-corrected chi connectivity index (χ1v) is 22.3. The highest BCUT2D eigenvalue weighted by Crippen LogP contribution is 2.44. The van der Waals surface area contributed by atoms with Crippen LogP contribution < -0.4 is 14.8 Å². The average Bonchev–Trinajstić information content (AvgIpc) is 3.73. The van der Waals surface area contributed by atoms with Crippen molar-refractivity contribution in [2.24, 2.45) is 0 Å². The molecule has 304 valence electrons. The number of alkyl halides is 1. The van der Waals surface area contributed by atoms with Gasteiger partial charge >= 0.3 is 6.01 Å². The van der Waals surface area contributed by atoms with Gasteiger partial charge in [-0.2, -0.15) is 4.98 Å². The van der Waals surface area contributed by atoms with Gasteiger partial charge in [-0.3, -0.25) is 4.90 Å². The molecule has 2 aliphatic heterocycles. The number of pyridine rings is 1. The molecule has 58 heavy (non-hydrogen) atoms. The minimum absolute atomic E-state index is 0.0383. The molecule has 0 spiro atoms. The van der Waals surface area contributed by atoms with Crippen LogP contribution in [-0.2, 0) is 4.74 Å². The quantitative estimate of drug-likeness (QED) is 0.0716. The van der Waals surface area contributed by atoms with Gasteiger partial charge in [0.15, 0.2) is 12.6 Å². The molecule has 2 aliphatic rings. The molecule has 7 rings (SSSR count). The Kier molecular flexibility index (Phi) is 11.9. The van der Waals surface area contributed by atoms with Crippen LogP contribution in [0.2, 0.25) is 16.6 Å². The third kappa shape index (κ3) is 7.67. The van der Waals surface area contributed by atoms with Crippen molar-refractivity contribution in [1.82, 2.24) is 19.9 Å². The Morgan fingerprint density at radius 3 is 2.53 bits per heavy atom. The summed E-state index contributed by atoms with van der Waals surface area (Å²) in [7, 11) is -0.811. The van der Waals surface area contributed by atoms with E-state index in [0.29, 0.717) is 57.2 Å². The SMILES string of the molecule is C=Cc1cccc(Nc2nc(-c3cc(OCOC)cc4ccc(F)c(C#C[Si](C(C)C)(C(C)C)C(C)C)c34)c(F)c3nc(OC[C@@]45CCCN4C[C@H](F)C5)ncc23)c1. The van der Waals surface area contributed by atoms with Crippen molar-refractivity contribution >= 4 is 47.3 Å². The van der Waals surface area contributed by atoms with Gasteiger partial charge in [-0.25, -0.2) is 23.1 Å². The van der Waals surface area contributed by atoms with Crippen LogP contribution in [-0.4, -0.2) is 73.2 Å². The number of ether oxygens (including phenoxy) is 3. The minimum atomic E-state index is -2.32. The normalized spacial score (nSPS) is 18.3. The standard InChI is InChI=1S/C46H52F3N5O3Si/c1-9-31-12-10-13-34(20-31)51-44-38-24-50-45(56-26-46-17-11-18-54(46)25-33(47)23-46)53-43(38)41(49)42(52-44)37-22-35(57-27-55-8)21-32-14-15-39(48)36(40(32)37)16-19-58(28(2)3,29(4)5)30(6)7/h9-10,12-15,20-22,24,28-30,33H,1,11,17-18,23,25-27H2,2-8H3,(H,51,52)/t33-,46+/m1/s1. The van der Waals surface area contributed by atoms with Gasteiger partial charge in [-0.1, -0.05) is 78.3 Å². The van der Waals surface area contributed by atoms with Crippen molar-refractivity contribution < 1.29 is 27.4 Å². The van der Waals surface area contributed by atoms with Gasteiger partial charge in [0, 0.05) is 42.9 Å². The molecular formula is C46H52F3N5O3Si. The molecule has 2 aromatic heterocycles. The molecule has 12 heteroatoms. The fraction of sp³-hybridized carbons (Fsp3) is 0.413. The Labute approximate surface area is 340 Å². The first-order valence-electron chi connectivity index (χ1n) is 20.1. The van der Waals surface area contributed by atoms with Crippen molar-refractivity contribution in [3.05, 3.63) is 84.1 Å². The molecule has 0 bridgehead atoms. The zero-order valence-electron chi connectivity index (χ0n) is 34.4. The van der Waals surface area contributed by atoms with Crippen molar-refractivity contribution in [2.75, 3.05) is 38.9 Å². The molecule has 8 nitrogen and oxygen atoms in total. The van der Waals surface area contributed by atoms with Gasteiger partial charge < -0.3 is 19.5 Å². The van der Waals surface area contributed by atoms with Gasteiger partial charge in [0.1, 0.15) is 49.4 Å². The number of benzene rings is 3. The predicted octanol–water partition coefficient (Wildman–Crippen LogP) is 11.0. The third-order valence-electron chi connectivity index (χ3n) is 12.2. The zero-order chi connectivity index (χ0) is 41.4. The van der Waals surface area contributed by atoms with Crippen molar-refractivity contribution in [3.8, 4) is 34.5 Å². The number of anilines is 2. The molecule has 3 aromatic carbocycles. The summed E-state index contributed by atoms with van der Waals surface area (Å²) in [5.41, 5.74) is 5.94. The first-order chi connectivity index (χ1) is 27.8. The monoisotopic (exact) mass is 807 g/mol. The molecule has 2 saturated heterocycles. The molecule has 1 N–H and O–H groups in total. The second-order valence-corrected chi connectivity index (χ2v) is 22.1. The second kappa shape index (κ2) is 16.7. The van der Waals surface area contributed by atoms with Gasteiger partial charge in [0.25, 0.3) is 0 Å². The third-order valence-corrected chi connectivity index (χ3v) is 18.5. The van der Waals surface area contributed by atoms with E-state index in [1.807, 2.05) is 24.3 Å². The Balaban J connectivity index is 1.46. The number of hydrogen-bond donors (Lipinski definition) is 1. The molecule has 0 radical (unpaired) electrons. The van der Waals surface area contributed by atoms with E-state index in [4.69, 9.17) is 19.2 Å². The van der Waals surface area contributed by atoms with E-state index in [2.05, 4.69) is 79.8 Å².